The lowest BCUT2D eigenvalue weighted by Crippen LogP contribution is -2.19. The third-order valence-corrected chi connectivity index (χ3v) is 4.46. The summed E-state index contributed by atoms with van der Waals surface area (Å²) in [5.41, 5.74) is 2.04. The average molecular weight is 340 g/mol. The number of carbonyl (C=O) groups excluding carboxylic acids is 2. The van der Waals surface area contributed by atoms with Gasteiger partial charge in [-0.1, -0.05) is 54.2 Å². The molecule has 0 amide bonds. The quantitative estimate of drug-likeness (QED) is 0.526. The number of carbonyl (C=O) groups is 2. The molecule has 0 aliphatic heterocycles. The third-order valence-electron chi connectivity index (χ3n) is 3.42. The Bertz CT molecular complexity index is 890. The fourth-order valence-corrected chi connectivity index (χ4v) is 3.26. The highest BCUT2D eigenvalue weighted by Crippen LogP contribution is 2.28. The second kappa shape index (κ2) is 6.88. The van der Waals surface area contributed by atoms with Gasteiger partial charge in [0.05, 0.1) is 10.8 Å². The van der Waals surface area contributed by atoms with Gasteiger partial charge in [-0.3, -0.25) is 4.79 Å². The van der Waals surface area contributed by atoms with Crippen LogP contribution in [0.3, 0.4) is 0 Å². The van der Waals surface area contributed by atoms with E-state index in [9.17, 15) is 9.59 Å². The Hall–Kier alpha value is -2.60. The Morgan fingerprint density at radius 3 is 2.46 bits per heavy atom. The smallest absolute Gasteiger partial charge is 0.329 e. The summed E-state index contributed by atoms with van der Waals surface area (Å²) in [4.78, 5) is 33.7. The van der Waals surface area contributed by atoms with Gasteiger partial charge in [0.2, 0.25) is 5.16 Å². The number of nitrogens with zero attached hydrogens (tertiary/aromatic N) is 2. The van der Waals surface area contributed by atoms with E-state index in [4.69, 9.17) is 4.84 Å². The number of Topliss-reactive ketones (excluding diaryl/α,β-unsaturated/α-hetero) is 1. The topological polar surface area (TPSA) is 61.2 Å². The summed E-state index contributed by atoms with van der Waals surface area (Å²) in [6.07, 6.45) is 0. The maximum atomic E-state index is 12.5. The highest BCUT2D eigenvalue weighted by Gasteiger charge is 2.21. The summed E-state index contributed by atoms with van der Waals surface area (Å²) in [5.74, 6) is -0.441. The fourth-order valence-electron chi connectivity index (χ4n) is 2.32. The van der Waals surface area contributed by atoms with Gasteiger partial charge >= 0.3 is 5.97 Å². The number of thioether (sulfide) groups is 1. The Labute approximate surface area is 143 Å². The van der Waals surface area contributed by atoms with Crippen molar-refractivity contribution in [1.82, 2.24) is 9.71 Å². The molecule has 0 radical (unpaired) electrons. The number of ketones is 1. The van der Waals surface area contributed by atoms with Gasteiger partial charge in [0, 0.05) is 12.5 Å². The molecule has 0 bridgehead atoms. The Kier molecular flexibility index (Phi) is 4.66. The van der Waals surface area contributed by atoms with Gasteiger partial charge in [-0.15, -0.1) is 4.73 Å². The molecule has 1 aromatic heterocycles. The molecule has 3 rings (SSSR count). The van der Waals surface area contributed by atoms with Crippen molar-refractivity contribution < 1.29 is 14.4 Å². The van der Waals surface area contributed by atoms with Crippen LogP contribution in [0.2, 0.25) is 0 Å². The number of benzene rings is 2. The molecular formula is C18H16N2O3S. The van der Waals surface area contributed by atoms with Crippen LogP contribution < -0.4 is 4.84 Å². The number of hydrogen-bond donors (Lipinski definition) is 0. The van der Waals surface area contributed by atoms with E-state index in [-0.39, 0.29) is 11.0 Å². The molecular weight excluding hydrogens is 324 g/mol. The molecule has 0 spiro atoms. The highest BCUT2D eigenvalue weighted by molar-refractivity contribution is 8.00. The lowest BCUT2D eigenvalue weighted by atomic mass is 10.1. The van der Waals surface area contributed by atoms with E-state index in [0.717, 1.165) is 0 Å². The summed E-state index contributed by atoms with van der Waals surface area (Å²) in [6.45, 7) is 3.15. The van der Waals surface area contributed by atoms with Gasteiger partial charge in [0.25, 0.3) is 0 Å². The predicted molar refractivity (Wildman–Crippen MR) is 93.1 cm³/mol. The zero-order valence-corrected chi connectivity index (χ0v) is 14.1. The van der Waals surface area contributed by atoms with E-state index in [1.807, 2.05) is 49.4 Å². The molecule has 0 aliphatic rings. The Morgan fingerprint density at radius 1 is 1.08 bits per heavy atom. The average Bonchev–Trinajstić information content (AvgIpc) is 2.92. The molecule has 0 N–H and O–H groups in total. The van der Waals surface area contributed by atoms with Crippen LogP contribution in [-0.4, -0.2) is 26.7 Å². The van der Waals surface area contributed by atoms with Crippen molar-refractivity contribution in [1.29, 1.82) is 0 Å². The largest absolute Gasteiger partial charge is 0.334 e. The standard InChI is InChI=1S/C18H16N2O3S/c1-12(17(22)14-8-4-3-5-9-14)24-18-19-15-10-6-7-11-16(15)20(18)23-13(2)21/h3-12H,1-2H3. The monoisotopic (exact) mass is 340 g/mol. The lowest BCUT2D eigenvalue weighted by Gasteiger charge is -2.11. The van der Waals surface area contributed by atoms with Crippen molar-refractivity contribution in [3.8, 4) is 0 Å². The third kappa shape index (κ3) is 3.33. The first-order valence-corrected chi connectivity index (χ1v) is 8.36. The minimum Gasteiger partial charge on any atom is -0.334 e. The Morgan fingerprint density at radius 2 is 1.75 bits per heavy atom. The molecule has 0 saturated carbocycles. The number of hydrogen-bond acceptors (Lipinski definition) is 5. The minimum absolute atomic E-state index is 0.00188. The zero-order chi connectivity index (χ0) is 17.1. The van der Waals surface area contributed by atoms with Gasteiger partial charge in [-0.25, -0.2) is 9.78 Å². The van der Waals surface area contributed by atoms with Crippen molar-refractivity contribution in [2.45, 2.75) is 24.3 Å². The van der Waals surface area contributed by atoms with Crippen molar-refractivity contribution >= 4 is 34.5 Å². The number of aromatic nitrogens is 2. The maximum absolute atomic E-state index is 12.5. The molecule has 5 nitrogen and oxygen atoms in total. The molecule has 122 valence electrons. The molecule has 1 atom stereocenters. The molecule has 1 unspecified atom stereocenters. The number of imidazole rings is 1. The Balaban J connectivity index is 1.91. The van der Waals surface area contributed by atoms with E-state index in [0.29, 0.717) is 21.8 Å². The van der Waals surface area contributed by atoms with E-state index in [2.05, 4.69) is 4.98 Å². The minimum atomic E-state index is -0.443. The number of para-hydroxylation sites is 2. The molecule has 1 heterocycles. The summed E-state index contributed by atoms with van der Waals surface area (Å²) >= 11 is 1.27. The maximum Gasteiger partial charge on any atom is 0.329 e. The number of rotatable bonds is 5. The van der Waals surface area contributed by atoms with Crippen LogP contribution in [0.5, 0.6) is 0 Å². The van der Waals surface area contributed by atoms with E-state index in [1.54, 1.807) is 12.1 Å². The van der Waals surface area contributed by atoms with E-state index >= 15 is 0 Å². The van der Waals surface area contributed by atoms with Gasteiger partial charge in [-0.05, 0) is 19.1 Å². The van der Waals surface area contributed by atoms with Crippen LogP contribution in [0.1, 0.15) is 24.2 Å². The fraction of sp³-hybridized carbons (Fsp3) is 0.167. The van der Waals surface area contributed by atoms with Gasteiger partial charge < -0.3 is 4.84 Å². The zero-order valence-electron chi connectivity index (χ0n) is 13.3. The first-order chi connectivity index (χ1) is 11.6. The molecule has 0 fully saturated rings. The normalized spacial score (nSPS) is 12.1. The van der Waals surface area contributed by atoms with Crippen LogP contribution in [0.25, 0.3) is 11.0 Å². The predicted octanol–water partition coefficient (Wildman–Crippen LogP) is 3.37. The highest BCUT2D eigenvalue weighted by atomic mass is 32.2. The van der Waals surface area contributed by atoms with Crippen molar-refractivity contribution in [2.75, 3.05) is 0 Å². The summed E-state index contributed by atoms with van der Waals surface area (Å²) in [5, 5.41) is 0.113. The summed E-state index contributed by atoms with van der Waals surface area (Å²) in [7, 11) is 0. The van der Waals surface area contributed by atoms with Gasteiger partial charge in [0.15, 0.2) is 5.78 Å². The van der Waals surface area contributed by atoms with Crippen LogP contribution in [0.15, 0.2) is 59.8 Å². The van der Waals surface area contributed by atoms with Crippen LogP contribution >= 0.6 is 11.8 Å². The van der Waals surface area contributed by atoms with E-state index in [1.165, 1.54) is 23.4 Å². The SMILES string of the molecule is CC(=O)On1c(SC(C)C(=O)c2ccccc2)nc2ccccc21. The molecule has 6 heteroatoms. The first kappa shape index (κ1) is 16.3. The van der Waals surface area contributed by atoms with Crippen LogP contribution in [0.4, 0.5) is 0 Å². The number of fused-ring (bicyclic) bond motifs is 1. The van der Waals surface area contributed by atoms with Crippen LogP contribution in [0, 0.1) is 0 Å². The van der Waals surface area contributed by atoms with Crippen molar-refractivity contribution in [3.05, 3.63) is 60.2 Å². The van der Waals surface area contributed by atoms with Gasteiger partial charge in [0.1, 0.15) is 5.52 Å². The van der Waals surface area contributed by atoms with E-state index < -0.39 is 5.97 Å². The second-order valence-corrected chi connectivity index (χ2v) is 6.56. The molecule has 3 aromatic rings. The van der Waals surface area contributed by atoms with Crippen molar-refractivity contribution in [3.63, 3.8) is 0 Å². The molecule has 24 heavy (non-hydrogen) atoms. The first-order valence-electron chi connectivity index (χ1n) is 7.48. The van der Waals surface area contributed by atoms with Crippen LogP contribution in [-0.2, 0) is 4.79 Å². The van der Waals surface area contributed by atoms with Gasteiger partial charge in [-0.2, -0.15) is 0 Å². The van der Waals surface area contributed by atoms with Crippen molar-refractivity contribution in [2.24, 2.45) is 0 Å². The lowest BCUT2D eigenvalue weighted by molar-refractivity contribution is -0.142. The molecule has 0 saturated heterocycles. The second-order valence-electron chi connectivity index (χ2n) is 5.25. The molecule has 0 aliphatic carbocycles. The summed E-state index contributed by atoms with van der Waals surface area (Å²) in [6, 6.07) is 16.5. The molecule has 2 aromatic carbocycles. The summed E-state index contributed by atoms with van der Waals surface area (Å²) < 4.78 is 1.39.